The van der Waals surface area contributed by atoms with Gasteiger partial charge >= 0.3 is 0 Å². The number of aromatic nitrogens is 2. The van der Waals surface area contributed by atoms with Crippen LogP contribution in [0.3, 0.4) is 0 Å². The normalized spacial score (nSPS) is 10.3. The highest BCUT2D eigenvalue weighted by Crippen LogP contribution is 2.18. The van der Waals surface area contributed by atoms with E-state index in [1.807, 2.05) is 25.1 Å². The molecule has 0 saturated carbocycles. The molecule has 0 atom stereocenters. The fourth-order valence-electron chi connectivity index (χ4n) is 1.45. The van der Waals surface area contributed by atoms with Crippen LogP contribution < -0.4 is 10.9 Å². The number of hydrogen-bond donors (Lipinski definition) is 1. The molecule has 0 radical (unpaired) electrons. The number of aryl methyl sites for hydroxylation is 1. The van der Waals surface area contributed by atoms with Gasteiger partial charge in [0, 0.05) is 17.6 Å². The van der Waals surface area contributed by atoms with Crippen molar-refractivity contribution >= 4 is 21.6 Å². The summed E-state index contributed by atoms with van der Waals surface area (Å²) in [6, 6.07) is 7.20. The first kappa shape index (κ1) is 11.9. The highest BCUT2D eigenvalue weighted by Gasteiger charge is 2.03. The molecular weight excluding hydrogens is 282 g/mol. The molecule has 4 nitrogen and oxygen atoms in total. The Hall–Kier alpha value is -1.62. The van der Waals surface area contributed by atoms with E-state index in [1.54, 1.807) is 13.2 Å². The zero-order chi connectivity index (χ0) is 12.4. The predicted octanol–water partition coefficient (Wildman–Crippen LogP) is 2.35. The molecule has 1 N–H and O–H groups in total. The van der Waals surface area contributed by atoms with Crippen LogP contribution in [-0.2, 0) is 0 Å². The molecule has 0 saturated heterocycles. The van der Waals surface area contributed by atoms with Crippen molar-refractivity contribution in [2.45, 2.75) is 6.92 Å². The molecular formula is C12H12BrN3O. The van der Waals surface area contributed by atoms with Gasteiger partial charge in [0.25, 0.3) is 5.56 Å². The molecule has 5 heteroatoms. The van der Waals surface area contributed by atoms with Crippen LogP contribution in [-0.4, -0.2) is 16.8 Å². The molecule has 0 amide bonds. The second-order valence-electron chi connectivity index (χ2n) is 3.68. The number of anilines is 1. The van der Waals surface area contributed by atoms with E-state index in [9.17, 15) is 4.79 Å². The fraction of sp³-hybridized carbons (Fsp3) is 0.167. The molecule has 2 aromatic rings. The van der Waals surface area contributed by atoms with Gasteiger partial charge in [0.2, 0.25) is 0 Å². The van der Waals surface area contributed by atoms with Crippen molar-refractivity contribution in [2.24, 2.45) is 0 Å². The third kappa shape index (κ3) is 2.39. The smallest absolute Gasteiger partial charge is 0.273 e. The summed E-state index contributed by atoms with van der Waals surface area (Å²) in [4.78, 5) is 11.8. The monoisotopic (exact) mass is 293 g/mol. The Balaban J connectivity index is 2.53. The molecule has 0 unspecified atom stereocenters. The average Bonchev–Trinajstić information content (AvgIpc) is 2.32. The number of rotatable bonds is 2. The van der Waals surface area contributed by atoms with Gasteiger partial charge in [0.05, 0.1) is 17.6 Å². The van der Waals surface area contributed by atoms with Crippen LogP contribution in [0.5, 0.6) is 0 Å². The van der Waals surface area contributed by atoms with Gasteiger partial charge in [-0.15, -0.1) is 0 Å². The second kappa shape index (κ2) is 4.71. The molecule has 1 heterocycles. The van der Waals surface area contributed by atoms with Crippen LogP contribution in [0.1, 0.15) is 5.56 Å². The number of halogens is 1. The van der Waals surface area contributed by atoms with Crippen molar-refractivity contribution in [3.05, 3.63) is 50.9 Å². The standard InChI is InChI=1S/C12H12BrN3O/c1-8-3-4-10(6-11(8)13)16-12(17)5-9(14-2)7-15-16/h3-7,14H,1-2H3. The Morgan fingerprint density at radius 3 is 2.71 bits per heavy atom. The third-order valence-electron chi connectivity index (χ3n) is 2.49. The van der Waals surface area contributed by atoms with E-state index in [2.05, 4.69) is 26.3 Å². The highest BCUT2D eigenvalue weighted by molar-refractivity contribution is 9.10. The molecule has 0 bridgehead atoms. The number of hydrogen-bond acceptors (Lipinski definition) is 3. The Labute approximate surface area is 107 Å². The molecule has 0 aliphatic rings. The van der Waals surface area contributed by atoms with Crippen molar-refractivity contribution in [1.82, 2.24) is 9.78 Å². The van der Waals surface area contributed by atoms with Gasteiger partial charge < -0.3 is 5.32 Å². The zero-order valence-corrected chi connectivity index (χ0v) is 11.2. The first-order valence-corrected chi connectivity index (χ1v) is 5.95. The lowest BCUT2D eigenvalue weighted by molar-refractivity contribution is 0.807. The van der Waals surface area contributed by atoms with Crippen LogP contribution in [0.25, 0.3) is 5.69 Å². The minimum absolute atomic E-state index is 0.160. The van der Waals surface area contributed by atoms with Crippen molar-refractivity contribution in [1.29, 1.82) is 0 Å². The van der Waals surface area contributed by atoms with Gasteiger partial charge in [0.15, 0.2) is 0 Å². The summed E-state index contributed by atoms with van der Waals surface area (Å²) >= 11 is 3.44. The third-order valence-corrected chi connectivity index (χ3v) is 3.34. The molecule has 0 aliphatic heterocycles. The topological polar surface area (TPSA) is 46.9 Å². The van der Waals surface area contributed by atoms with E-state index >= 15 is 0 Å². The quantitative estimate of drug-likeness (QED) is 0.925. The summed E-state index contributed by atoms with van der Waals surface area (Å²) in [6.07, 6.45) is 1.62. The van der Waals surface area contributed by atoms with Gasteiger partial charge in [-0.1, -0.05) is 22.0 Å². The van der Waals surface area contributed by atoms with Crippen LogP contribution in [0.15, 0.2) is 39.7 Å². The van der Waals surface area contributed by atoms with Crippen molar-refractivity contribution in [3.63, 3.8) is 0 Å². The molecule has 0 spiro atoms. The van der Waals surface area contributed by atoms with Crippen LogP contribution >= 0.6 is 15.9 Å². The van der Waals surface area contributed by atoms with E-state index < -0.39 is 0 Å². The van der Waals surface area contributed by atoms with Crippen LogP contribution in [0.4, 0.5) is 5.69 Å². The van der Waals surface area contributed by atoms with Crippen molar-refractivity contribution in [2.75, 3.05) is 12.4 Å². The maximum atomic E-state index is 11.8. The predicted molar refractivity (Wildman–Crippen MR) is 71.8 cm³/mol. The first-order chi connectivity index (χ1) is 8.11. The molecule has 88 valence electrons. The Morgan fingerprint density at radius 2 is 2.12 bits per heavy atom. The summed E-state index contributed by atoms with van der Waals surface area (Å²) in [6.45, 7) is 1.99. The Morgan fingerprint density at radius 1 is 1.35 bits per heavy atom. The van der Waals surface area contributed by atoms with Gasteiger partial charge in [-0.2, -0.15) is 9.78 Å². The summed E-state index contributed by atoms with van der Waals surface area (Å²) in [5.41, 5.74) is 2.41. The van der Waals surface area contributed by atoms with Crippen molar-refractivity contribution < 1.29 is 0 Å². The highest BCUT2D eigenvalue weighted by atomic mass is 79.9. The Bertz CT molecular complexity index is 607. The van der Waals surface area contributed by atoms with E-state index in [0.717, 1.165) is 15.7 Å². The summed E-state index contributed by atoms with van der Waals surface area (Å²) in [5, 5.41) is 6.99. The van der Waals surface area contributed by atoms with Gasteiger partial charge in [-0.25, -0.2) is 0 Å². The minimum atomic E-state index is -0.160. The molecule has 2 rings (SSSR count). The average molecular weight is 294 g/mol. The SMILES string of the molecule is CNc1cnn(-c2ccc(C)c(Br)c2)c(=O)c1. The first-order valence-electron chi connectivity index (χ1n) is 5.15. The molecule has 1 aromatic carbocycles. The zero-order valence-electron chi connectivity index (χ0n) is 9.57. The number of nitrogens with zero attached hydrogens (tertiary/aromatic N) is 2. The molecule has 0 aliphatic carbocycles. The molecule has 1 aromatic heterocycles. The number of nitrogens with one attached hydrogen (secondary N) is 1. The number of benzene rings is 1. The van der Waals surface area contributed by atoms with E-state index in [0.29, 0.717) is 5.69 Å². The summed E-state index contributed by atoms with van der Waals surface area (Å²) in [7, 11) is 1.75. The summed E-state index contributed by atoms with van der Waals surface area (Å²) < 4.78 is 2.33. The second-order valence-corrected chi connectivity index (χ2v) is 4.53. The maximum Gasteiger partial charge on any atom is 0.273 e. The summed E-state index contributed by atoms with van der Waals surface area (Å²) in [5.74, 6) is 0. The van der Waals surface area contributed by atoms with Crippen molar-refractivity contribution in [3.8, 4) is 5.69 Å². The van der Waals surface area contributed by atoms with E-state index in [4.69, 9.17) is 0 Å². The minimum Gasteiger partial charge on any atom is -0.387 e. The van der Waals surface area contributed by atoms with Gasteiger partial charge in [-0.3, -0.25) is 4.79 Å². The fourth-order valence-corrected chi connectivity index (χ4v) is 1.82. The lowest BCUT2D eigenvalue weighted by Crippen LogP contribution is -2.20. The Kier molecular flexibility index (Phi) is 3.28. The van der Waals surface area contributed by atoms with E-state index in [-0.39, 0.29) is 5.56 Å². The lowest BCUT2D eigenvalue weighted by atomic mass is 10.2. The van der Waals surface area contributed by atoms with E-state index in [1.165, 1.54) is 10.7 Å². The molecule has 0 fully saturated rings. The largest absolute Gasteiger partial charge is 0.387 e. The maximum absolute atomic E-state index is 11.8. The lowest BCUT2D eigenvalue weighted by Gasteiger charge is -2.07. The van der Waals surface area contributed by atoms with Gasteiger partial charge in [-0.05, 0) is 24.6 Å². The van der Waals surface area contributed by atoms with Crippen LogP contribution in [0, 0.1) is 6.92 Å². The van der Waals surface area contributed by atoms with Crippen LogP contribution in [0.2, 0.25) is 0 Å². The van der Waals surface area contributed by atoms with Gasteiger partial charge in [0.1, 0.15) is 0 Å². The molecule has 17 heavy (non-hydrogen) atoms.